The third-order valence-electron chi connectivity index (χ3n) is 3.77. The predicted octanol–water partition coefficient (Wildman–Crippen LogP) is 2.74. The van der Waals surface area contributed by atoms with Gasteiger partial charge in [-0.3, -0.25) is 10.1 Å². The number of carbonyl (C=O) groups excluding carboxylic acids is 3. The molecular formula is C18H22N2O5S2. The number of thiocarbonyl (C=S) groups is 1. The Kier molecular flexibility index (Phi) is 7.93. The molecule has 0 fully saturated rings. The summed E-state index contributed by atoms with van der Waals surface area (Å²) in [5.41, 5.74) is 1.50. The second kappa shape index (κ2) is 10.2. The smallest absolute Gasteiger partial charge is 0.341 e. The van der Waals surface area contributed by atoms with Gasteiger partial charge in [-0.25, -0.2) is 9.59 Å². The average Bonchev–Trinajstić information content (AvgIpc) is 2.98. The number of thiophene rings is 1. The molecule has 7 nitrogen and oxygen atoms in total. The van der Waals surface area contributed by atoms with Crippen LogP contribution < -0.4 is 10.6 Å². The highest BCUT2D eigenvalue weighted by Crippen LogP contribution is 2.38. The molecule has 1 amide bonds. The molecule has 0 atom stereocenters. The maximum atomic E-state index is 12.4. The molecule has 0 saturated heterocycles. The summed E-state index contributed by atoms with van der Waals surface area (Å²) in [6, 6.07) is 0. The number of nitrogens with one attached hydrogen (secondary N) is 2. The number of anilines is 1. The first-order valence-corrected chi connectivity index (χ1v) is 9.97. The molecule has 0 radical (unpaired) electrons. The molecule has 1 aromatic rings. The lowest BCUT2D eigenvalue weighted by molar-refractivity contribution is -0.137. The molecule has 0 spiro atoms. The molecule has 27 heavy (non-hydrogen) atoms. The van der Waals surface area contributed by atoms with E-state index in [-0.39, 0.29) is 18.3 Å². The Labute approximate surface area is 167 Å². The average molecular weight is 411 g/mol. The summed E-state index contributed by atoms with van der Waals surface area (Å²) >= 11 is 6.61. The van der Waals surface area contributed by atoms with Crippen LogP contribution in [0, 0.1) is 0 Å². The summed E-state index contributed by atoms with van der Waals surface area (Å²) < 4.78 is 9.88. The summed E-state index contributed by atoms with van der Waals surface area (Å²) in [5, 5.41) is 5.97. The Hall–Kier alpha value is -2.26. The van der Waals surface area contributed by atoms with Crippen LogP contribution in [0.3, 0.4) is 0 Å². The summed E-state index contributed by atoms with van der Waals surface area (Å²) in [7, 11) is 0. The fourth-order valence-electron chi connectivity index (χ4n) is 2.70. The predicted molar refractivity (Wildman–Crippen MR) is 107 cm³/mol. The van der Waals surface area contributed by atoms with Crippen molar-refractivity contribution in [3.05, 3.63) is 28.2 Å². The van der Waals surface area contributed by atoms with Crippen LogP contribution in [0.1, 0.15) is 47.5 Å². The Morgan fingerprint density at radius 3 is 2.52 bits per heavy atom. The van der Waals surface area contributed by atoms with Gasteiger partial charge >= 0.3 is 11.9 Å². The Morgan fingerprint density at radius 2 is 1.81 bits per heavy atom. The van der Waals surface area contributed by atoms with Gasteiger partial charge in [0.15, 0.2) is 5.11 Å². The van der Waals surface area contributed by atoms with Crippen LogP contribution in [0.5, 0.6) is 0 Å². The number of hydrogen-bond acceptors (Lipinski definition) is 7. The van der Waals surface area contributed by atoms with Crippen LogP contribution in [0.4, 0.5) is 5.00 Å². The lowest BCUT2D eigenvalue weighted by Gasteiger charge is -2.12. The highest BCUT2D eigenvalue weighted by atomic mass is 32.1. The second-order valence-electron chi connectivity index (χ2n) is 5.66. The van der Waals surface area contributed by atoms with Crippen LogP contribution in [-0.4, -0.2) is 36.2 Å². The number of fused-ring (bicyclic) bond motifs is 1. The third kappa shape index (κ3) is 5.86. The third-order valence-corrected chi connectivity index (χ3v) is 5.18. The topological polar surface area (TPSA) is 93.7 Å². The molecule has 9 heteroatoms. The maximum absolute atomic E-state index is 12.4. The zero-order valence-electron chi connectivity index (χ0n) is 15.3. The van der Waals surface area contributed by atoms with E-state index < -0.39 is 17.8 Å². The lowest BCUT2D eigenvalue weighted by atomic mass is 9.95. The quantitative estimate of drug-likeness (QED) is 0.423. The van der Waals surface area contributed by atoms with Crippen molar-refractivity contribution in [2.45, 2.75) is 39.5 Å². The molecule has 2 N–H and O–H groups in total. The zero-order valence-corrected chi connectivity index (χ0v) is 16.9. The maximum Gasteiger partial charge on any atom is 0.341 e. The van der Waals surface area contributed by atoms with Crippen LogP contribution in [0.15, 0.2) is 12.2 Å². The minimum Gasteiger partial charge on any atom is -0.463 e. The first-order valence-electron chi connectivity index (χ1n) is 8.74. The molecule has 2 rings (SSSR count). The van der Waals surface area contributed by atoms with Crippen molar-refractivity contribution in [3.8, 4) is 0 Å². The van der Waals surface area contributed by atoms with Gasteiger partial charge < -0.3 is 14.8 Å². The van der Waals surface area contributed by atoms with E-state index in [1.165, 1.54) is 11.3 Å². The van der Waals surface area contributed by atoms with Gasteiger partial charge in [0.05, 0.1) is 18.8 Å². The number of ether oxygens (including phenoxy) is 2. The Morgan fingerprint density at radius 1 is 1.11 bits per heavy atom. The molecule has 146 valence electrons. The van der Waals surface area contributed by atoms with Gasteiger partial charge in [-0.05, 0) is 57.3 Å². The number of esters is 2. The van der Waals surface area contributed by atoms with Crippen molar-refractivity contribution < 1.29 is 23.9 Å². The van der Waals surface area contributed by atoms with E-state index in [9.17, 15) is 14.4 Å². The van der Waals surface area contributed by atoms with Crippen molar-refractivity contribution >= 4 is 51.5 Å². The first kappa shape index (κ1) is 21.0. The van der Waals surface area contributed by atoms with Gasteiger partial charge in [-0.15, -0.1) is 11.3 Å². The van der Waals surface area contributed by atoms with Gasteiger partial charge in [-0.2, -0.15) is 0 Å². The molecule has 0 bridgehead atoms. The summed E-state index contributed by atoms with van der Waals surface area (Å²) in [5.74, 6) is -1.57. The van der Waals surface area contributed by atoms with Gasteiger partial charge in [0, 0.05) is 17.0 Å². The number of carbonyl (C=O) groups is 3. The highest BCUT2D eigenvalue weighted by Gasteiger charge is 2.26. The molecule has 1 aliphatic carbocycles. The monoisotopic (exact) mass is 410 g/mol. The Balaban J connectivity index is 2.08. The fraction of sp³-hybridized carbons (Fsp3) is 0.444. The van der Waals surface area contributed by atoms with E-state index in [2.05, 4.69) is 10.6 Å². The minimum atomic E-state index is -0.609. The van der Waals surface area contributed by atoms with Crippen LogP contribution >= 0.6 is 23.6 Å². The lowest BCUT2D eigenvalue weighted by Crippen LogP contribution is -2.33. The van der Waals surface area contributed by atoms with Crippen LogP contribution in [0.25, 0.3) is 0 Å². The van der Waals surface area contributed by atoms with E-state index in [0.717, 1.165) is 48.3 Å². The van der Waals surface area contributed by atoms with E-state index >= 15 is 0 Å². The normalized spacial score (nSPS) is 13.0. The number of amides is 1. The van der Waals surface area contributed by atoms with E-state index in [0.29, 0.717) is 10.6 Å². The van der Waals surface area contributed by atoms with Crippen molar-refractivity contribution in [1.29, 1.82) is 0 Å². The van der Waals surface area contributed by atoms with Crippen molar-refractivity contribution in [1.82, 2.24) is 5.32 Å². The molecule has 1 heterocycles. The number of aryl methyl sites for hydroxylation is 1. The van der Waals surface area contributed by atoms with Crippen LogP contribution in [0.2, 0.25) is 0 Å². The SMILES string of the molecule is CCOC(=O)C=CC(=O)NC(=S)Nc1sc2c(c1C(=O)OCC)CCCC2. The molecular weight excluding hydrogens is 388 g/mol. The molecule has 1 aromatic heterocycles. The molecule has 0 aromatic carbocycles. The standard InChI is InChI=1S/C18H22N2O5S2/c1-3-24-14(22)10-9-13(21)19-18(26)20-16-15(17(23)25-4-2)11-7-5-6-8-12(11)27-16/h9-10H,3-8H2,1-2H3,(H2,19,20,21,26). The van der Waals surface area contributed by atoms with Crippen LogP contribution in [-0.2, 0) is 31.9 Å². The van der Waals surface area contributed by atoms with E-state index in [1.54, 1.807) is 13.8 Å². The highest BCUT2D eigenvalue weighted by molar-refractivity contribution is 7.80. The van der Waals surface area contributed by atoms with E-state index in [4.69, 9.17) is 21.7 Å². The molecule has 1 aliphatic rings. The largest absolute Gasteiger partial charge is 0.463 e. The Bertz CT molecular complexity index is 770. The van der Waals surface area contributed by atoms with Gasteiger partial charge in [0.1, 0.15) is 5.00 Å². The van der Waals surface area contributed by atoms with E-state index in [1.807, 2.05) is 0 Å². The van der Waals surface area contributed by atoms with Crippen molar-refractivity contribution in [3.63, 3.8) is 0 Å². The molecule has 0 unspecified atom stereocenters. The number of hydrogen-bond donors (Lipinski definition) is 2. The minimum absolute atomic E-state index is 0.0395. The van der Waals surface area contributed by atoms with Crippen molar-refractivity contribution in [2.75, 3.05) is 18.5 Å². The summed E-state index contributed by atoms with van der Waals surface area (Å²) in [4.78, 5) is 36.6. The number of rotatable bonds is 6. The first-order chi connectivity index (χ1) is 13.0. The van der Waals surface area contributed by atoms with Gasteiger partial charge in [0.2, 0.25) is 5.91 Å². The molecule has 0 saturated carbocycles. The second-order valence-corrected chi connectivity index (χ2v) is 7.18. The molecule has 0 aliphatic heterocycles. The summed E-state index contributed by atoms with van der Waals surface area (Å²) in [6.07, 6.45) is 5.90. The fourth-order valence-corrected chi connectivity index (χ4v) is 4.24. The van der Waals surface area contributed by atoms with Gasteiger partial charge in [-0.1, -0.05) is 0 Å². The zero-order chi connectivity index (χ0) is 19.8. The summed E-state index contributed by atoms with van der Waals surface area (Å²) in [6.45, 7) is 3.93. The van der Waals surface area contributed by atoms with Crippen molar-refractivity contribution in [2.24, 2.45) is 0 Å². The van der Waals surface area contributed by atoms with Gasteiger partial charge in [0.25, 0.3) is 0 Å².